The van der Waals surface area contributed by atoms with Crippen LogP contribution >= 0.6 is 0 Å². The van der Waals surface area contributed by atoms with E-state index in [0.29, 0.717) is 38.2 Å². The van der Waals surface area contributed by atoms with Crippen LogP contribution in [0.1, 0.15) is 48.0 Å². The highest BCUT2D eigenvalue weighted by Crippen LogP contribution is 2.49. The van der Waals surface area contributed by atoms with Crippen LogP contribution in [0.2, 0.25) is 0 Å². The molecule has 0 bridgehead atoms. The summed E-state index contributed by atoms with van der Waals surface area (Å²) in [5.74, 6) is -0.921. The van der Waals surface area contributed by atoms with Crippen LogP contribution in [-0.2, 0) is 9.59 Å². The number of piperidine rings is 1. The first-order chi connectivity index (χ1) is 13.4. The van der Waals surface area contributed by atoms with Gasteiger partial charge in [0.05, 0.1) is 11.3 Å². The summed E-state index contributed by atoms with van der Waals surface area (Å²) in [6.45, 7) is 3.95. The van der Waals surface area contributed by atoms with Crippen LogP contribution in [-0.4, -0.2) is 58.9 Å². The van der Waals surface area contributed by atoms with E-state index < -0.39 is 11.4 Å². The van der Waals surface area contributed by atoms with Gasteiger partial charge in [-0.25, -0.2) is 0 Å². The molecule has 0 spiro atoms. The lowest BCUT2D eigenvalue weighted by atomic mass is 9.81. The van der Waals surface area contributed by atoms with Crippen molar-refractivity contribution < 1.29 is 19.5 Å². The molecule has 1 unspecified atom stereocenters. The van der Waals surface area contributed by atoms with Crippen molar-refractivity contribution in [2.45, 2.75) is 39.0 Å². The van der Waals surface area contributed by atoms with Crippen LogP contribution in [0, 0.1) is 24.2 Å². The topological polar surface area (TPSA) is 77.9 Å². The largest absolute Gasteiger partial charge is 0.481 e. The molecular formula is C22H28N2O4. The normalized spacial score (nSPS) is 29.6. The van der Waals surface area contributed by atoms with E-state index in [1.165, 1.54) is 0 Å². The van der Waals surface area contributed by atoms with Crippen LogP contribution in [0.3, 0.4) is 0 Å². The number of likely N-dealkylation sites (tertiary alicyclic amines) is 2. The molecular weight excluding hydrogens is 356 g/mol. The van der Waals surface area contributed by atoms with Gasteiger partial charge < -0.3 is 14.9 Å². The monoisotopic (exact) mass is 384 g/mol. The fraction of sp³-hybridized carbons (Fsp3) is 0.591. The van der Waals surface area contributed by atoms with Crippen molar-refractivity contribution in [1.82, 2.24) is 9.80 Å². The minimum absolute atomic E-state index is 0.0245. The number of carboxylic acids is 1. The van der Waals surface area contributed by atoms with Gasteiger partial charge in [0.1, 0.15) is 0 Å². The van der Waals surface area contributed by atoms with Gasteiger partial charge >= 0.3 is 5.97 Å². The molecule has 3 atom stereocenters. The van der Waals surface area contributed by atoms with Crippen molar-refractivity contribution in [3.63, 3.8) is 0 Å². The second-order valence-electron chi connectivity index (χ2n) is 8.73. The predicted molar refractivity (Wildman–Crippen MR) is 104 cm³/mol. The third-order valence-electron chi connectivity index (χ3n) is 6.96. The average molecular weight is 384 g/mol. The summed E-state index contributed by atoms with van der Waals surface area (Å²) in [6.07, 6.45) is 4.05. The highest BCUT2D eigenvalue weighted by molar-refractivity contribution is 5.94. The molecule has 1 aliphatic carbocycles. The molecule has 6 heteroatoms. The second kappa shape index (κ2) is 7.22. The second-order valence-corrected chi connectivity index (χ2v) is 8.73. The summed E-state index contributed by atoms with van der Waals surface area (Å²) in [5, 5.41) is 9.75. The van der Waals surface area contributed by atoms with E-state index in [0.717, 1.165) is 31.2 Å². The molecule has 2 aliphatic heterocycles. The molecule has 6 nitrogen and oxygen atoms in total. The maximum Gasteiger partial charge on any atom is 0.311 e. The Kier molecular flexibility index (Phi) is 4.89. The third-order valence-corrected chi connectivity index (χ3v) is 6.96. The lowest BCUT2D eigenvalue weighted by Gasteiger charge is -2.34. The van der Waals surface area contributed by atoms with Gasteiger partial charge in [-0.3, -0.25) is 14.4 Å². The number of amides is 2. The minimum atomic E-state index is -0.759. The number of aliphatic carboxylic acids is 1. The number of carbonyl (C=O) groups is 3. The van der Waals surface area contributed by atoms with Crippen molar-refractivity contribution in [2.24, 2.45) is 17.3 Å². The maximum atomic E-state index is 13.1. The van der Waals surface area contributed by atoms with Gasteiger partial charge in [-0.05, 0) is 50.7 Å². The molecule has 1 saturated carbocycles. The molecule has 28 heavy (non-hydrogen) atoms. The van der Waals surface area contributed by atoms with Gasteiger partial charge in [0.2, 0.25) is 5.91 Å². The number of hydrogen-bond donors (Lipinski definition) is 1. The summed E-state index contributed by atoms with van der Waals surface area (Å²) in [7, 11) is 0. The molecule has 150 valence electrons. The molecule has 3 fully saturated rings. The lowest BCUT2D eigenvalue weighted by molar-refractivity contribution is -0.149. The smallest absolute Gasteiger partial charge is 0.311 e. The first-order valence-electron chi connectivity index (χ1n) is 10.3. The first kappa shape index (κ1) is 19.0. The third kappa shape index (κ3) is 3.19. The van der Waals surface area contributed by atoms with Gasteiger partial charge in [-0.1, -0.05) is 24.1 Å². The first-order valence-corrected chi connectivity index (χ1v) is 10.3. The molecule has 1 aromatic rings. The van der Waals surface area contributed by atoms with Crippen LogP contribution < -0.4 is 0 Å². The summed E-state index contributed by atoms with van der Waals surface area (Å²) in [4.78, 5) is 41.4. The number of aryl methyl sites for hydroxylation is 1. The Morgan fingerprint density at radius 3 is 2.46 bits per heavy atom. The fourth-order valence-corrected chi connectivity index (χ4v) is 5.31. The van der Waals surface area contributed by atoms with E-state index in [1.54, 1.807) is 9.80 Å². The summed E-state index contributed by atoms with van der Waals surface area (Å²) < 4.78 is 0. The predicted octanol–water partition coefficient (Wildman–Crippen LogP) is 2.56. The highest BCUT2D eigenvalue weighted by atomic mass is 16.4. The highest BCUT2D eigenvalue weighted by Gasteiger charge is 2.56. The number of fused-ring (bicyclic) bond motifs is 1. The van der Waals surface area contributed by atoms with E-state index in [-0.39, 0.29) is 23.7 Å². The van der Waals surface area contributed by atoms with Crippen molar-refractivity contribution in [1.29, 1.82) is 0 Å². The van der Waals surface area contributed by atoms with E-state index in [1.807, 2.05) is 31.2 Å². The van der Waals surface area contributed by atoms with E-state index >= 15 is 0 Å². The molecule has 2 amide bonds. The standard InChI is InChI=1S/C22H28N2O4/c1-15-6-8-16(9-7-15)19(25)23-11-3-4-17(12-23)20(26)24-13-18-5-2-10-22(18,14-24)21(27)28/h6-9,17-18H,2-5,10-14H2,1H3,(H,27,28)/t17?,18-,22+/m0/s1. The van der Waals surface area contributed by atoms with Crippen molar-refractivity contribution in [3.8, 4) is 0 Å². The van der Waals surface area contributed by atoms with Crippen LogP contribution in [0.15, 0.2) is 24.3 Å². The number of nitrogens with zero attached hydrogens (tertiary/aromatic N) is 2. The summed E-state index contributed by atoms with van der Waals surface area (Å²) in [6, 6.07) is 7.52. The maximum absolute atomic E-state index is 13.1. The van der Waals surface area contributed by atoms with E-state index in [2.05, 4.69) is 0 Å². The van der Waals surface area contributed by atoms with Gasteiger partial charge in [-0.2, -0.15) is 0 Å². The van der Waals surface area contributed by atoms with Crippen LogP contribution in [0.4, 0.5) is 0 Å². The molecule has 0 aromatic heterocycles. The van der Waals surface area contributed by atoms with Gasteiger partial charge in [0.25, 0.3) is 5.91 Å². The molecule has 0 radical (unpaired) electrons. The quantitative estimate of drug-likeness (QED) is 0.869. The van der Waals surface area contributed by atoms with E-state index in [4.69, 9.17) is 0 Å². The van der Waals surface area contributed by atoms with Crippen molar-refractivity contribution in [3.05, 3.63) is 35.4 Å². The number of rotatable bonds is 3. The molecule has 2 heterocycles. The Labute approximate surface area is 165 Å². The zero-order valence-electron chi connectivity index (χ0n) is 16.4. The fourth-order valence-electron chi connectivity index (χ4n) is 5.31. The van der Waals surface area contributed by atoms with Gasteiger partial charge in [0.15, 0.2) is 0 Å². The van der Waals surface area contributed by atoms with Crippen molar-refractivity contribution in [2.75, 3.05) is 26.2 Å². The Morgan fingerprint density at radius 1 is 1.04 bits per heavy atom. The summed E-state index contributed by atoms with van der Waals surface area (Å²) in [5.41, 5.74) is 1.01. The Balaban J connectivity index is 1.43. The number of hydrogen-bond acceptors (Lipinski definition) is 3. The molecule has 2 saturated heterocycles. The zero-order valence-corrected chi connectivity index (χ0v) is 16.4. The SMILES string of the molecule is Cc1ccc(C(=O)N2CCCC(C(=O)N3C[C@@H]4CCC[C@@]4(C(=O)O)C3)C2)cc1. The molecule has 1 N–H and O–H groups in total. The Bertz CT molecular complexity index is 790. The Hall–Kier alpha value is -2.37. The van der Waals surface area contributed by atoms with Gasteiger partial charge in [-0.15, -0.1) is 0 Å². The molecule has 1 aromatic carbocycles. The van der Waals surface area contributed by atoms with Crippen LogP contribution in [0.5, 0.6) is 0 Å². The molecule has 3 aliphatic rings. The summed E-state index contributed by atoms with van der Waals surface area (Å²) >= 11 is 0. The Morgan fingerprint density at radius 2 is 1.79 bits per heavy atom. The number of benzene rings is 1. The lowest BCUT2D eigenvalue weighted by Crippen LogP contribution is -2.47. The number of carboxylic acid groups (broad SMARTS) is 1. The van der Waals surface area contributed by atoms with Crippen molar-refractivity contribution >= 4 is 17.8 Å². The minimum Gasteiger partial charge on any atom is -0.481 e. The molecule has 4 rings (SSSR count). The average Bonchev–Trinajstić information content (AvgIpc) is 3.26. The van der Waals surface area contributed by atoms with Crippen LogP contribution in [0.25, 0.3) is 0 Å². The zero-order chi connectivity index (χ0) is 19.9. The van der Waals surface area contributed by atoms with E-state index in [9.17, 15) is 19.5 Å². The van der Waals surface area contributed by atoms with Gasteiger partial charge in [0, 0.05) is 31.7 Å². The number of carbonyl (C=O) groups excluding carboxylic acids is 2.